The quantitative estimate of drug-likeness (QED) is 0.703. The first kappa shape index (κ1) is 17.1. The van der Waals surface area contributed by atoms with Gasteiger partial charge >= 0.3 is 0 Å². The summed E-state index contributed by atoms with van der Waals surface area (Å²) in [4.78, 5) is 0. The van der Waals surface area contributed by atoms with Crippen LogP contribution in [0.1, 0.15) is 51.5 Å². The van der Waals surface area contributed by atoms with Crippen molar-refractivity contribution in [3.8, 4) is 0 Å². The fourth-order valence-electron chi connectivity index (χ4n) is 3.50. The molecular formula is C18H27Cl2N. The third kappa shape index (κ3) is 5.16. The molecule has 0 aliphatic heterocycles. The van der Waals surface area contributed by atoms with Crippen LogP contribution in [0.25, 0.3) is 0 Å². The van der Waals surface area contributed by atoms with Crippen molar-refractivity contribution in [1.29, 1.82) is 0 Å². The third-order valence-electron chi connectivity index (χ3n) is 4.64. The van der Waals surface area contributed by atoms with Crippen molar-refractivity contribution in [1.82, 2.24) is 5.32 Å². The van der Waals surface area contributed by atoms with E-state index in [2.05, 4.69) is 25.2 Å². The molecule has 1 aromatic carbocycles. The van der Waals surface area contributed by atoms with Crippen LogP contribution in [0.2, 0.25) is 10.0 Å². The molecule has 3 heteroatoms. The second-order valence-electron chi connectivity index (χ2n) is 6.55. The van der Waals surface area contributed by atoms with Crippen LogP contribution in [0.5, 0.6) is 0 Å². The predicted molar refractivity (Wildman–Crippen MR) is 93.4 cm³/mol. The summed E-state index contributed by atoms with van der Waals surface area (Å²) in [5, 5.41) is 5.08. The summed E-state index contributed by atoms with van der Waals surface area (Å²) in [6.45, 7) is 5.71. The molecule has 1 saturated carbocycles. The zero-order valence-corrected chi connectivity index (χ0v) is 14.7. The molecule has 1 nitrogen and oxygen atoms in total. The monoisotopic (exact) mass is 327 g/mol. The second-order valence-corrected chi connectivity index (χ2v) is 7.36. The summed E-state index contributed by atoms with van der Waals surface area (Å²) < 4.78 is 0. The van der Waals surface area contributed by atoms with Gasteiger partial charge in [-0.25, -0.2) is 0 Å². The first-order valence-corrected chi connectivity index (χ1v) is 9.03. The highest BCUT2D eigenvalue weighted by Gasteiger charge is 2.26. The average Bonchev–Trinajstić information content (AvgIpc) is 2.47. The summed E-state index contributed by atoms with van der Waals surface area (Å²) in [6.07, 6.45) is 7.70. The van der Waals surface area contributed by atoms with Crippen LogP contribution >= 0.6 is 23.2 Å². The molecule has 1 aliphatic rings. The Morgan fingerprint density at radius 1 is 1.24 bits per heavy atom. The van der Waals surface area contributed by atoms with Crippen LogP contribution in [-0.4, -0.2) is 12.6 Å². The Hall–Kier alpha value is -0.240. The Balaban J connectivity index is 2.05. The zero-order valence-electron chi connectivity index (χ0n) is 13.2. The summed E-state index contributed by atoms with van der Waals surface area (Å²) in [5.41, 5.74) is 1.29. The van der Waals surface area contributed by atoms with Crippen molar-refractivity contribution in [2.45, 2.75) is 58.4 Å². The van der Waals surface area contributed by atoms with E-state index in [4.69, 9.17) is 23.2 Å². The van der Waals surface area contributed by atoms with E-state index in [1.54, 1.807) is 0 Å². The van der Waals surface area contributed by atoms with Crippen molar-refractivity contribution < 1.29 is 0 Å². The van der Waals surface area contributed by atoms with Crippen LogP contribution in [0.4, 0.5) is 0 Å². The SMILES string of the molecule is CCCNC(Cc1ccc(Cl)c(Cl)c1)C1CCCC(C)C1. The van der Waals surface area contributed by atoms with Crippen molar-refractivity contribution in [2.75, 3.05) is 6.54 Å². The van der Waals surface area contributed by atoms with E-state index < -0.39 is 0 Å². The van der Waals surface area contributed by atoms with Crippen LogP contribution < -0.4 is 5.32 Å². The number of rotatable bonds is 6. The maximum absolute atomic E-state index is 6.16. The Labute approximate surface area is 139 Å². The maximum Gasteiger partial charge on any atom is 0.0595 e. The molecular weight excluding hydrogens is 301 g/mol. The normalized spacial score (nSPS) is 24.0. The Kier molecular flexibility index (Phi) is 6.85. The lowest BCUT2D eigenvalue weighted by molar-refractivity contribution is 0.221. The zero-order chi connectivity index (χ0) is 15.2. The van der Waals surface area contributed by atoms with E-state index in [0.29, 0.717) is 16.1 Å². The minimum atomic E-state index is 0.560. The molecule has 3 unspecified atom stereocenters. The minimum Gasteiger partial charge on any atom is -0.313 e. The maximum atomic E-state index is 6.16. The summed E-state index contributed by atoms with van der Waals surface area (Å²) in [7, 11) is 0. The fourth-order valence-corrected chi connectivity index (χ4v) is 3.82. The number of hydrogen-bond donors (Lipinski definition) is 1. The van der Waals surface area contributed by atoms with Crippen LogP contribution in [0.15, 0.2) is 18.2 Å². The van der Waals surface area contributed by atoms with Gasteiger partial charge in [-0.3, -0.25) is 0 Å². The van der Waals surface area contributed by atoms with E-state index in [1.807, 2.05) is 12.1 Å². The van der Waals surface area contributed by atoms with E-state index in [9.17, 15) is 0 Å². The molecule has 3 atom stereocenters. The molecule has 1 fully saturated rings. The van der Waals surface area contributed by atoms with Gasteiger partial charge in [0.25, 0.3) is 0 Å². The smallest absolute Gasteiger partial charge is 0.0595 e. The lowest BCUT2D eigenvalue weighted by Crippen LogP contribution is -2.40. The fraction of sp³-hybridized carbons (Fsp3) is 0.667. The predicted octanol–water partition coefficient (Wildman–Crippen LogP) is 5.73. The largest absolute Gasteiger partial charge is 0.313 e. The highest BCUT2D eigenvalue weighted by atomic mass is 35.5. The molecule has 0 aromatic heterocycles. The molecule has 118 valence electrons. The molecule has 1 aliphatic carbocycles. The first-order valence-electron chi connectivity index (χ1n) is 8.27. The van der Waals surface area contributed by atoms with Crippen LogP contribution in [0, 0.1) is 11.8 Å². The highest BCUT2D eigenvalue weighted by molar-refractivity contribution is 6.42. The molecule has 0 heterocycles. The number of halogens is 2. The van der Waals surface area contributed by atoms with E-state index >= 15 is 0 Å². The summed E-state index contributed by atoms with van der Waals surface area (Å²) >= 11 is 12.2. The first-order chi connectivity index (χ1) is 10.1. The molecule has 0 spiro atoms. The Morgan fingerprint density at radius 2 is 2.05 bits per heavy atom. The van der Waals surface area contributed by atoms with Crippen LogP contribution in [-0.2, 0) is 6.42 Å². The molecule has 0 amide bonds. The molecule has 1 aromatic rings. The number of benzene rings is 1. The van der Waals surface area contributed by atoms with E-state index in [-0.39, 0.29) is 0 Å². The van der Waals surface area contributed by atoms with Gasteiger partial charge in [-0.05, 0) is 61.8 Å². The number of nitrogens with one attached hydrogen (secondary N) is 1. The number of hydrogen-bond acceptors (Lipinski definition) is 1. The van der Waals surface area contributed by atoms with Crippen LogP contribution in [0.3, 0.4) is 0 Å². The van der Waals surface area contributed by atoms with Gasteiger partial charge < -0.3 is 5.32 Å². The van der Waals surface area contributed by atoms with Gasteiger partial charge in [0.1, 0.15) is 0 Å². The van der Waals surface area contributed by atoms with Gasteiger partial charge in [0.15, 0.2) is 0 Å². The molecule has 21 heavy (non-hydrogen) atoms. The average molecular weight is 328 g/mol. The van der Waals surface area contributed by atoms with Crippen molar-refractivity contribution in [3.63, 3.8) is 0 Å². The summed E-state index contributed by atoms with van der Waals surface area (Å²) in [5.74, 6) is 1.65. The molecule has 0 radical (unpaired) electrons. The van der Waals surface area contributed by atoms with E-state index in [0.717, 1.165) is 24.8 Å². The second kappa shape index (κ2) is 8.41. The Morgan fingerprint density at radius 3 is 2.71 bits per heavy atom. The third-order valence-corrected chi connectivity index (χ3v) is 5.38. The lowest BCUT2D eigenvalue weighted by atomic mass is 9.77. The van der Waals surface area contributed by atoms with Gasteiger partial charge in [-0.15, -0.1) is 0 Å². The Bertz CT molecular complexity index is 447. The minimum absolute atomic E-state index is 0.560. The topological polar surface area (TPSA) is 12.0 Å². The van der Waals surface area contributed by atoms with Crippen molar-refractivity contribution in [3.05, 3.63) is 33.8 Å². The van der Waals surface area contributed by atoms with Gasteiger partial charge in [-0.2, -0.15) is 0 Å². The highest BCUT2D eigenvalue weighted by Crippen LogP contribution is 2.32. The standard InChI is InChI=1S/C18H27Cl2N/c1-3-9-21-18(15-6-4-5-13(2)10-15)12-14-7-8-16(19)17(20)11-14/h7-8,11,13,15,18,21H,3-6,9-10,12H2,1-2H3. The summed E-state index contributed by atoms with van der Waals surface area (Å²) in [6, 6.07) is 6.61. The van der Waals surface area contributed by atoms with Gasteiger partial charge in [-0.1, -0.05) is 56.0 Å². The molecule has 0 bridgehead atoms. The van der Waals surface area contributed by atoms with Crippen molar-refractivity contribution in [2.24, 2.45) is 11.8 Å². The van der Waals surface area contributed by atoms with Gasteiger partial charge in [0.2, 0.25) is 0 Å². The molecule has 0 saturated heterocycles. The lowest BCUT2D eigenvalue weighted by Gasteiger charge is -2.34. The molecule has 2 rings (SSSR count). The molecule has 1 N–H and O–H groups in total. The van der Waals surface area contributed by atoms with Gasteiger partial charge in [0.05, 0.1) is 10.0 Å². The van der Waals surface area contributed by atoms with E-state index in [1.165, 1.54) is 37.7 Å². The van der Waals surface area contributed by atoms with Gasteiger partial charge in [0, 0.05) is 6.04 Å². The van der Waals surface area contributed by atoms with Crippen molar-refractivity contribution >= 4 is 23.2 Å².